The minimum atomic E-state index is 0.520. The first-order valence-electron chi connectivity index (χ1n) is 6.15. The van der Waals surface area contributed by atoms with Crippen LogP contribution in [0.4, 0.5) is 0 Å². The number of ether oxygens (including phenoxy) is 1. The third-order valence-corrected chi connectivity index (χ3v) is 3.17. The topological polar surface area (TPSA) is 34.1 Å². The van der Waals surface area contributed by atoms with Gasteiger partial charge in [-0.3, -0.25) is 4.98 Å². The summed E-state index contributed by atoms with van der Waals surface area (Å²) in [6.45, 7) is 3.40. The van der Waals surface area contributed by atoms with Crippen molar-refractivity contribution in [3.8, 4) is 5.75 Å². The van der Waals surface area contributed by atoms with Gasteiger partial charge in [-0.05, 0) is 42.0 Å². The van der Waals surface area contributed by atoms with Gasteiger partial charge in [0, 0.05) is 34.5 Å². The highest BCUT2D eigenvalue weighted by Crippen LogP contribution is 2.21. The number of nitrogens with one attached hydrogen (secondary N) is 1. The summed E-state index contributed by atoms with van der Waals surface area (Å²) in [5.41, 5.74) is 3.46. The number of hydrogen-bond donors (Lipinski definition) is 1. The zero-order valence-corrected chi connectivity index (χ0v) is 12.7. The molecule has 1 aromatic heterocycles. The van der Waals surface area contributed by atoms with Crippen LogP contribution in [0.2, 0.25) is 0 Å². The van der Waals surface area contributed by atoms with E-state index in [4.69, 9.17) is 4.74 Å². The van der Waals surface area contributed by atoms with Gasteiger partial charge in [0.05, 0.1) is 0 Å². The molecule has 0 saturated heterocycles. The van der Waals surface area contributed by atoms with Crippen molar-refractivity contribution < 1.29 is 4.74 Å². The lowest BCUT2D eigenvalue weighted by atomic mass is 10.1. The summed E-state index contributed by atoms with van der Waals surface area (Å²) in [6.07, 6.45) is 3.58. The molecule has 4 heteroatoms. The number of rotatable bonds is 5. The summed E-state index contributed by atoms with van der Waals surface area (Å²) in [7, 11) is 1.93. The predicted octanol–water partition coefficient (Wildman–Crippen LogP) is 3.45. The highest BCUT2D eigenvalue weighted by molar-refractivity contribution is 9.10. The summed E-state index contributed by atoms with van der Waals surface area (Å²) >= 11 is 3.41. The van der Waals surface area contributed by atoms with Crippen molar-refractivity contribution in [2.45, 2.75) is 20.1 Å². The first-order valence-corrected chi connectivity index (χ1v) is 6.94. The van der Waals surface area contributed by atoms with Crippen LogP contribution in [-0.2, 0) is 13.2 Å². The van der Waals surface area contributed by atoms with Gasteiger partial charge in [0.25, 0.3) is 0 Å². The lowest BCUT2D eigenvalue weighted by Crippen LogP contribution is -2.08. The van der Waals surface area contributed by atoms with Gasteiger partial charge in [-0.1, -0.05) is 17.7 Å². The van der Waals surface area contributed by atoms with E-state index >= 15 is 0 Å². The molecule has 0 atom stereocenters. The fraction of sp³-hybridized carbons (Fsp3) is 0.267. The molecular formula is C15H17BrN2O. The highest BCUT2D eigenvalue weighted by atomic mass is 79.9. The average molecular weight is 321 g/mol. The van der Waals surface area contributed by atoms with Crippen LogP contribution in [0.1, 0.15) is 16.7 Å². The number of nitrogens with zero attached hydrogens (tertiary/aromatic N) is 1. The Hall–Kier alpha value is -1.39. The molecule has 0 amide bonds. The van der Waals surface area contributed by atoms with Gasteiger partial charge in [-0.15, -0.1) is 0 Å². The van der Waals surface area contributed by atoms with Crippen molar-refractivity contribution in [3.63, 3.8) is 0 Å². The first kappa shape index (κ1) is 14.0. The Labute approximate surface area is 122 Å². The molecule has 3 nitrogen and oxygen atoms in total. The maximum absolute atomic E-state index is 5.88. The van der Waals surface area contributed by atoms with Gasteiger partial charge in [-0.2, -0.15) is 0 Å². The van der Waals surface area contributed by atoms with Crippen molar-refractivity contribution in [2.24, 2.45) is 0 Å². The summed E-state index contributed by atoms with van der Waals surface area (Å²) < 4.78 is 6.85. The van der Waals surface area contributed by atoms with Gasteiger partial charge in [-0.25, -0.2) is 0 Å². The van der Waals surface area contributed by atoms with E-state index in [1.165, 1.54) is 11.1 Å². The number of aromatic nitrogens is 1. The van der Waals surface area contributed by atoms with Crippen molar-refractivity contribution in [3.05, 3.63) is 57.8 Å². The van der Waals surface area contributed by atoms with Crippen LogP contribution >= 0.6 is 15.9 Å². The SMILES string of the molecule is CNCc1cc(C)ccc1OCc1cncc(Br)c1. The van der Waals surface area contributed by atoms with E-state index in [1.54, 1.807) is 6.20 Å². The highest BCUT2D eigenvalue weighted by Gasteiger charge is 2.04. The van der Waals surface area contributed by atoms with Crippen LogP contribution in [0, 0.1) is 6.92 Å². The van der Waals surface area contributed by atoms with Crippen LogP contribution in [0.5, 0.6) is 5.75 Å². The van der Waals surface area contributed by atoms with E-state index < -0.39 is 0 Å². The van der Waals surface area contributed by atoms with Crippen molar-refractivity contribution in [1.29, 1.82) is 0 Å². The third kappa shape index (κ3) is 4.04. The molecular weight excluding hydrogens is 304 g/mol. The van der Waals surface area contributed by atoms with Gasteiger partial charge in [0.2, 0.25) is 0 Å². The number of aryl methyl sites for hydroxylation is 1. The quantitative estimate of drug-likeness (QED) is 0.916. The Morgan fingerprint density at radius 1 is 1.26 bits per heavy atom. The van der Waals surface area contributed by atoms with Gasteiger partial charge < -0.3 is 10.1 Å². The van der Waals surface area contributed by atoms with Crippen LogP contribution in [-0.4, -0.2) is 12.0 Å². The molecule has 0 bridgehead atoms. The van der Waals surface area contributed by atoms with Crippen molar-refractivity contribution in [2.75, 3.05) is 7.05 Å². The summed E-state index contributed by atoms with van der Waals surface area (Å²) in [4.78, 5) is 4.13. The number of benzene rings is 1. The minimum absolute atomic E-state index is 0.520. The maximum atomic E-state index is 5.88. The molecule has 2 aromatic rings. The molecule has 0 saturated carbocycles. The molecule has 0 aliphatic rings. The van der Waals surface area contributed by atoms with Gasteiger partial charge in [0.1, 0.15) is 12.4 Å². The molecule has 1 aromatic carbocycles. The number of hydrogen-bond acceptors (Lipinski definition) is 3. The summed E-state index contributed by atoms with van der Waals surface area (Å²) in [5, 5.41) is 3.16. The monoisotopic (exact) mass is 320 g/mol. The predicted molar refractivity (Wildman–Crippen MR) is 80.2 cm³/mol. The van der Waals surface area contributed by atoms with Crippen LogP contribution in [0.3, 0.4) is 0 Å². The van der Waals surface area contributed by atoms with Crippen LogP contribution in [0.15, 0.2) is 41.1 Å². The summed E-state index contributed by atoms with van der Waals surface area (Å²) in [6, 6.07) is 8.24. The maximum Gasteiger partial charge on any atom is 0.124 e. The van der Waals surface area contributed by atoms with Crippen molar-refractivity contribution in [1.82, 2.24) is 10.3 Å². The third-order valence-electron chi connectivity index (χ3n) is 2.74. The van der Waals surface area contributed by atoms with E-state index in [-0.39, 0.29) is 0 Å². The van der Waals surface area contributed by atoms with Crippen LogP contribution < -0.4 is 10.1 Å². The number of halogens is 1. The molecule has 0 unspecified atom stereocenters. The second-order valence-corrected chi connectivity index (χ2v) is 5.36. The molecule has 0 aliphatic heterocycles. The Kier molecular flexibility index (Phi) is 4.93. The Morgan fingerprint density at radius 3 is 2.84 bits per heavy atom. The van der Waals surface area contributed by atoms with E-state index in [9.17, 15) is 0 Å². The molecule has 0 fully saturated rings. The van der Waals surface area contributed by atoms with E-state index in [1.807, 2.05) is 25.4 Å². The molecule has 2 rings (SSSR count). The standard InChI is InChI=1S/C15H17BrN2O/c1-11-3-4-15(13(5-11)8-17-2)19-10-12-6-14(16)9-18-7-12/h3-7,9,17H,8,10H2,1-2H3. The lowest BCUT2D eigenvalue weighted by Gasteiger charge is -2.12. The fourth-order valence-electron chi connectivity index (χ4n) is 1.87. The fourth-order valence-corrected chi connectivity index (χ4v) is 2.29. The Bertz CT molecular complexity index is 558. The van der Waals surface area contributed by atoms with Crippen LogP contribution in [0.25, 0.3) is 0 Å². The molecule has 0 spiro atoms. The van der Waals surface area contributed by atoms with E-state index in [0.717, 1.165) is 22.3 Å². The zero-order valence-electron chi connectivity index (χ0n) is 11.1. The second-order valence-electron chi connectivity index (χ2n) is 4.44. The minimum Gasteiger partial charge on any atom is -0.489 e. The van der Waals surface area contributed by atoms with Crippen molar-refractivity contribution >= 4 is 15.9 Å². The summed E-state index contributed by atoms with van der Waals surface area (Å²) in [5.74, 6) is 0.917. The van der Waals surface area contributed by atoms with E-state index in [2.05, 4.69) is 45.3 Å². The molecule has 19 heavy (non-hydrogen) atoms. The Morgan fingerprint density at radius 2 is 2.11 bits per heavy atom. The molecule has 1 heterocycles. The Balaban J connectivity index is 2.10. The number of pyridine rings is 1. The first-order chi connectivity index (χ1) is 9.19. The molecule has 0 radical (unpaired) electrons. The van der Waals surface area contributed by atoms with Gasteiger partial charge >= 0.3 is 0 Å². The molecule has 0 aliphatic carbocycles. The normalized spacial score (nSPS) is 10.5. The van der Waals surface area contributed by atoms with Gasteiger partial charge in [0.15, 0.2) is 0 Å². The average Bonchev–Trinajstić information content (AvgIpc) is 2.38. The van der Waals surface area contributed by atoms with E-state index in [0.29, 0.717) is 6.61 Å². The molecule has 1 N–H and O–H groups in total. The molecule has 100 valence electrons. The smallest absolute Gasteiger partial charge is 0.124 e. The second kappa shape index (κ2) is 6.68. The largest absolute Gasteiger partial charge is 0.489 e. The lowest BCUT2D eigenvalue weighted by molar-refractivity contribution is 0.302. The zero-order chi connectivity index (χ0) is 13.7.